The van der Waals surface area contributed by atoms with Gasteiger partial charge in [0.2, 0.25) is 0 Å². The lowest BCUT2D eigenvalue weighted by Gasteiger charge is -2.28. The van der Waals surface area contributed by atoms with E-state index in [2.05, 4.69) is 10.6 Å². The zero-order valence-electron chi connectivity index (χ0n) is 18.8. The van der Waals surface area contributed by atoms with Crippen LogP contribution in [0, 0.1) is 18.7 Å². The van der Waals surface area contributed by atoms with Gasteiger partial charge >= 0.3 is 18.2 Å². The zero-order valence-corrected chi connectivity index (χ0v) is 19.5. The minimum Gasteiger partial charge on any atom is -0.475 e. The maximum atomic E-state index is 13.5. The predicted octanol–water partition coefficient (Wildman–Crippen LogP) is 6.17. The number of piperidine rings is 1. The van der Waals surface area contributed by atoms with Crippen molar-refractivity contribution in [3.63, 3.8) is 0 Å². The summed E-state index contributed by atoms with van der Waals surface area (Å²) in [6, 6.07) is 11.4. The molecule has 1 amide bonds. The number of carboxylic acids is 1. The van der Waals surface area contributed by atoms with Gasteiger partial charge in [0, 0.05) is 17.6 Å². The summed E-state index contributed by atoms with van der Waals surface area (Å²) < 4.78 is 50.8. The lowest BCUT2D eigenvalue weighted by Crippen LogP contribution is -2.39. The average Bonchev–Trinajstić information content (AvgIpc) is 3.12. The largest absolute Gasteiger partial charge is 0.490 e. The monoisotopic (exact) mass is 516 g/mol. The molecule has 0 aromatic heterocycles. The van der Waals surface area contributed by atoms with E-state index in [1.54, 1.807) is 12.1 Å². The summed E-state index contributed by atoms with van der Waals surface area (Å²) >= 11 is 5.93. The molecule has 2 bridgehead atoms. The van der Waals surface area contributed by atoms with Crippen LogP contribution in [-0.2, 0) is 9.53 Å². The molecule has 35 heavy (non-hydrogen) atoms. The first-order chi connectivity index (χ1) is 16.4. The molecule has 6 nitrogen and oxygen atoms in total. The van der Waals surface area contributed by atoms with Gasteiger partial charge in [0.05, 0.1) is 17.3 Å². The van der Waals surface area contributed by atoms with E-state index in [0.29, 0.717) is 30.3 Å². The Hall–Kier alpha value is -2.85. The van der Waals surface area contributed by atoms with E-state index in [1.807, 2.05) is 25.1 Å². The molecule has 2 aliphatic rings. The first-order valence-corrected chi connectivity index (χ1v) is 11.4. The van der Waals surface area contributed by atoms with Crippen molar-refractivity contribution in [1.29, 1.82) is 0 Å². The normalized spacial score (nSPS) is 21.0. The molecule has 0 spiro atoms. The number of benzene rings is 2. The lowest BCUT2D eigenvalue weighted by atomic mass is 9.93. The van der Waals surface area contributed by atoms with Gasteiger partial charge in [0.25, 0.3) is 0 Å². The zero-order chi connectivity index (χ0) is 25.8. The summed E-state index contributed by atoms with van der Waals surface area (Å²) in [6.07, 6.45) is -0.979. The summed E-state index contributed by atoms with van der Waals surface area (Å²) in [5.74, 6) is -2.81. The third-order valence-corrected chi connectivity index (χ3v) is 6.20. The second-order valence-corrected chi connectivity index (χ2v) is 9.09. The number of carboxylic acid groups (broad SMARTS) is 1. The molecule has 190 valence electrons. The third kappa shape index (κ3) is 7.57. The first kappa shape index (κ1) is 26.7. The number of alkyl halides is 3. The molecular formula is C24H25ClF4N2O4. The topological polar surface area (TPSA) is 87.7 Å². The molecule has 2 aromatic rings. The Bertz CT molecular complexity index is 1070. The predicted molar refractivity (Wildman–Crippen MR) is 123 cm³/mol. The Morgan fingerprint density at radius 2 is 1.77 bits per heavy atom. The lowest BCUT2D eigenvalue weighted by molar-refractivity contribution is -0.192. The van der Waals surface area contributed by atoms with Crippen molar-refractivity contribution in [1.82, 2.24) is 5.32 Å². The van der Waals surface area contributed by atoms with Gasteiger partial charge in [0.15, 0.2) is 0 Å². The molecule has 4 rings (SSSR count). The van der Waals surface area contributed by atoms with Crippen molar-refractivity contribution in [3.05, 3.63) is 52.8 Å². The van der Waals surface area contributed by atoms with Gasteiger partial charge in [-0.3, -0.25) is 5.32 Å². The van der Waals surface area contributed by atoms with Crippen LogP contribution in [-0.4, -0.2) is 42.0 Å². The van der Waals surface area contributed by atoms with Crippen LogP contribution in [0.5, 0.6) is 0 Å². The Kier molecular flexibility index (Phi) is 8.60. The number of amides is 1. The number of rotatable bonds is 4. The van der Waals surface area contributed by atoms with E-state index in [4.69, 9.17) is 26.2 Å². The summed E-state index contributed by atoms with van der Waals surface area (Å²) in [5, 5.41) is 13.6. The van der Waals surface area contributed by atoms with Crippen molar-refractivity contribution in [2.24, 2.45) is 5.92 Å². The van der Waals surface area contributed by atoms with Crippen LogP contribution in [0.4, 0.5) is 28.0 Å². The fraction of sp³-hybridized carbons (Fsp3) is 0.417. The molecule has 2 fully saturated rings. The Morgan fingerprint density at radius 1 is 1.14 bits per heavy atom. The number of ether oxygens (including phenoxy) is 1. The Labute approximate surface area is 204 Å². The average molecular weight is 517 g/mol. The van der Waals surface area contributed by atoms with E-state index in [-0.39, 0.29) is 5.02 Å². The number of carbonyl (C=O) groups is 2. The number of aliphatic carboxylic acids is 1. The highest BCUT2D eigenvalue weighted by molar-refractivity contribution is 6.31. The van der Waals surface area contributed by atoms with Gasteiger partial charge in [-0.1, -0.05) is 29.8 Å². The first-order valence-electron chi connectivity index (χ1n) is 11.0. The van der Waals surface area contributed by atoms with Gasteiger partial charge in [-0.15, -0.1) is 0 Å². The summed E-state index contributed by atoms with van der Waals surface area (Å²) in [4.78, 5) is 21.3. The molecule has 0 saturated carbocycles. The van der Waals surface area contributed by atoms with Gasteiger partial charge in [0.1, 0.15) is 5.82 Å². The van der Waals surface area contributed by atoms with Crippen LogP contribution < -0.4 is 10.6 Å². The molecule has 2 heterocycles. The van der Waals surface area contributed by atoms with Crippen molar-refractivity contribution in [2.45, 2.75) is 50.9 Å². The summed E-state index contributed by atoms with van der Waals surface area (Å²) in [6.45, 7) is 2.38. The number of carbonyl (C=O) groups excluding carboxylic acids is 1. The number of hydrogen-bond donors (Lipinski definition) is 3. The number of aryl methyl sites for hydroxylation is 1. The number of halogens is 5. The van der Waals surface area contributed by atoms with Crippen LogP contribution in [0.3, 0.4) is 0 Å². The fourth-order valence-corrected chi connectivity index (χ4v) is 4.51. The molecular weight excluding hydrogens is 492 g/mol. The highest BCUT2D eigenvalue weighted by Gasteiger charge is 2.38. The molecule has 11 heteroatoms. The molecule has 2 atom stereocenters. The van der Waals surface area contributed by atoms with Crippen molar-refractivity contribution in [2.75, 3.05) is 11.9 Å². The molecule has 0 radical (unpaired) electrons. The van der Waals surface area contributed by atoms with Crippen molar-refractivity contribution < 1.29 is 37.0 Å². The van der Waals surface area contributed by atoms with Gasteiger partial charge in [-0.05, 0) is 67.9 Å². The molecule has 2 aromatic carbocycles. The van der Waals surface area contributed by atoms with E-state index in [9.17, 15) is 22.4 Å². The van der Waals surface area contributed by atoms with Gasteiger partial charge in [-0.25, -0.2) is 14.0 Å². The summed E-state index contributed by atoms with van der Waals surface area (Å²) in [5.41, 5.74) is 3.13. The molecule has 2 aliphatic heterocycles. The maximum absolute atomic E-state index is 13.5. The second kappa shape index (κ2) is 11.3. The van der Waals surface area contributed by atoms with Crippen LogP contribution in [0.2, 0.25) is 5.02 Å². The Balaban J connectivity index is 0.000000429. The van der Waals surface area contributed by atoms with Crippen LogP contribution in [0.25, 0.3) is 11.1 Å². The minimum absolute atomic E-state index is 0.0483. The van der Waals surface area contributed by atoms with Crippen LogP contribution in [0.15, 0.2) is 36.4 Å². The number of nitrogens with one attached hydrogen (secondary N) is 2. The molecule has 0 aliphatic carbocycles. The standard InChI is InChI=1S/C22H24ClFN2O2.C2HF3O2/c1-13-2-6-18(15-3-7-20(24)19(23)11-15)21(8-13)26-22(27)28-12-14-9-16-4-5-17(10-14)25-16;3-2(4,5)1(6)7/h2-3,6-8,11,14,16-17,25H,4-5,9-10,12H2,1H3,(H,26,27);(H,6,7). The van der Waals surface area contributed by atoms with E-state index in [0.717, 1.165) is 29.5 Å². The van der Waals surface area contributed by atoms with Gasteiger partial charge in [-0.2, -0.15) is 13.2 Å². The second-order valence-electron chi connectivity index (χ2n) is 8.68. The maximum Gasteiger partial charge on any atom is 0.490 e. The number of anilines is 1. The number of fused-ring (bicyclic) bond motifs is 2. The van der Waals surface area contributed by atoms with Gasteiger partial charge < -0.3 is 15.2 Å². The van der Waals surface area contributed by atoms with Crippen LogP contribution in [0.1, 0.15) is 31.2 Å². The SMILES string of the molecule is Cc1ccc(-c2ccc(F)c(Cl)c2)c(NC(=O)OCC2CC3CCC(C2)N3)c1.O=C(O)C(F)(F)F. The fourth-order valence-electron chi connectivity index (χ4n) is 4.33. The summed E-state index contributed by atoms with van der Waals surface area (Å²) in [7, 11) is 0. The Morgan fingerprint density at radius 3 is 2.34 bits per heavy atom. The highest BCUT2D eigenvalue weighted by atomic mass is 35.5. The van der Waals surface area contributed by atoms with E-state index >= 15 is 0 Å². The quantitative estimate of drug-likeness (QED) is 0.423. The molecule has 2 saturated heterocycles. The minimum atomic E-state index is -5.08. The highest BCUT2D eigenvalue weighted by Crippen LogP contribution is 2.33. The molecule has 3 N–H and O–H groups in total. The van der Waals surface area contributed by atoms with E-state index < -0.39 is 24.1 Å². The molecule has 2 unspecified atom stereocenters. The van der Waals surface area contributed by atoms with Crippen LogP contribution >= 0.6 is 11.6 Å². The number of hydrogen-bond acceptors (Lipinski definition) is 4. The smallest absolute Gasteiger partial charge is 0.475 e. The third-order valence-electron chi connectivity index (χ3n) is 5.91. The van der Waals surface area contributed by atoms with Crippen molar-refractivity contribution in [3.8, 4) is 11.1 Å². The van der Waals surface area contributed by atoms with E-state index in [1.165, 1.54) is 18.9 Å². The van der Waals surface area contributed by atoms with Crippen molar-refractivity contribution >= 4 is 29.4 Å².